The summed E-state index contributed by atoms with van der Waals surface area (Å²) in [6.45, 7) is 1.01. The van der Waals surface area contributed by atoms with Crippen molar-refractivity contribution in [3.05, 3.63) is 35.9 Å². The Bertz CT molecular complexity index is 652. The Kier molecular flexibility index (Phi) is 6.53. The molecule has 0 bridgehead atoms. The minimum absolute atomic E-state index is 0.165. The van der Waals surface area contributed by atoms with Crippen molar-refractivity contribution in [2.24, 2.45) is 5.41 Å². The van der Waals surface area contributed by atoms with E-state index in [9.17, 15) is 41.0 Å². The van der Waals surface area contributed by atoms with Crippen molar-refractivity contribution in [1.82, 2.24) is 0 Å². The molecule has 0 heterocycles. The third kappa shape index (κ3) is 5.34. The molecule has 0 spiro atoms. The largest absolute Gasteiger partial charge is 0.828 e. The van der Waals surface area contributed by atoms with Crippen molar-refractivity contribution in [3.63, 3.8) is 0 Å². The molecule has 1 aromatic carbocycles. The number of benzene rings is 1. The van der Waals surface area contributed by atoms with Gasteiger partial charge in [0.15, 0.2) is 5.60 Å². The number of rotatable bonds is 6. The molecule has 0 saturated heterocycles. The molecule has 0 radical (unpaired) electrons. The van der Waals surface area contributed by atoms with E-state index in [2.05, 4.69) is 4.74 Å². The van der Waals surface area contributed by atoms with Gasteiger partial charge in [-0.15, -0.1) is 0 Å². The fraction of sp³-hybridized carbons (Fsp3) is 0.500. The smallest absolute Gasteiger partial charge is 0.399 e. The maximum absolute atomic E-state index is 12.5. The number of hydrogen-bond donors (Lipinski definition) is 0. The van der Waals surface area contributed by atoms with Gasteiger partial charge in [-0.2, -0.15) is 26.3 Å². The van der Waals surface area contributed by atoms with Crippen molar-refractivity contribution in [2.45, 2.75) is 31.8 Å². The molecule has 0 saturated carbocycles. The average molecular weight is 401 g/mol. The van der Waals surface area contributed by atoms with E-state index in [0.29, 0.717) is 0 Å². The van der Waals surface area contributed by atoms with E-state index in [0.717, 1.165) is 0 Å². The molecule has 0 unspecified atom stereocenters. The van der Waals surface area contributed by atoms with Crippen molar-refractivity contribution in [2.75, 3.05) is 13.2 Å². The summed E-state index contributed by atoms with van der Waals surface area (Å²) in [7, 11) is 0. The molecule has 1 aromatic rings. The number of hydrogen-bond acceptors (Lipinski definition) is 5. The van der Waals surface area contributed by atoms with E-state index in [1.54, 1.807) is 18.2 Å². The average Bonchev–Trinajstić information content (AvgIpc) is 2.55. The number of alkyl halides is 6. The molecule has 0 amide bonds. The summed E-state index contributed by atoms with van der Waals surface area (Å²) in [6, 6.07) is 7.58. The molecule has 152 valence electrons. The molecular weight excluding hydrogens is 386 g/mol. The van der Waals surface area contributed by atoms with Crippen LogP contribution in [0.3, 0.4) is 0 Å². The lowest BCUT2D eigenvalue weighted by Crippen LogP contribution is -2.71. The van der Waals surface area contributed by atoms with Crippen LogP contribution in [-0.2, 0) is 14.3 Å². The third-order valence-corrected chi connectivity index (χ3v) is 3.28. The predicted octanol–water partition coefficient (Wildman–Crippen LogP) is 2.64. The molecule has 0 atom stereocenters. The number of esters is 2. The molecular formula is C16H15F6O5-. The summed E-state index contributed by atoms with van der Waals surface area (Å²) in [5.41, 5.74) is -7.09. The molecule has 27 heavy (non-hydrogen) atoms. The Morgan fingerprint density at radius 1 is 0.889 bits per heavy atom. The van der Waals surface area contributed by atoms with Crippen molar-refractivity contribution in [3.8, 4) is 0 Å². The summed E-state index contributed by atoms with van der Waals surface area (Å²) in [5.74, 6) is -3.82. The Hall–Kier alpha value is -2.30. The van der Waals surface area contributed by atoms with Crippen LogP contribution >= 0.6 is 0 Å². The van der Waals surface area contributed by atoms with Crippen molar-refractivity contribution < 1.29 is 50.5 Å². The van der Waals surface area contributed by atoms with Gasteiger partial charge in [0, 0.05) is 5.41 Å². The van der Waals surface area contributed by atoms with Crippen LogP contribution in [0.4, 0.5) is 26.3 Å². The summed E-state index contributed by atoms with van der Waals surface area (Å²) >= 11 is 0. The monoisotopic (exact) mass is 401 g/mol. The zero-order chi connectivity index (χ0) is 21.1. The Morgan fingerprint density at radius 3 is 1.78 bits per heavy atom. The first-order chi connectivity index (χ1) is 12.1. The minimum atomic E-state index is -6.44. The van der Waals surface area contributed by atoms with Gasteiger partial charge in [0.1, 0.15) is 0 Å². The van der Waals surface area contributed by atoms with Gasteiger partial charge in [0.2, 0.25) is 0 Å². The van der Waals surface area contributed by atoms with Crippen LogP contribution in [0, 0.1) is 5.41 Å². The van der Waals surface area contributed by atoms with Gasteiger partial charge in [-0.05, 0) is 12.1 Å². The third-order valence-electron chi connectivity index (χ3n) is 3.28. The number of carbonyl (C=O) groups is 2. The lowest BCUT2D eigenvalue weighted by Gasteiger charge is -2.40. The maximum atomic E-state index is 12.5. The molecule has 0 fully saturated rings. The maximum Gasteiger partial charge on any atom is 0.399 e. The van der Waals surface area contributed by atoms with Crippen LogP contribution in [0.1, 0.15) is 24.2 Å². The summed E-state index contributed by atoms with van der Waals surface area (Å²) in [6.07, 6.45) is -12.9. The quantitative estimate of drug-likeness (QED) is 0.541. The molecule has 5 nitrogen and oxygen atoms in total. The van der Waals surface area contributed by atoms with E-state index in [-0.39, 0.29) is 5.56 Å². The molecule has 0 aliphatic carbocycles. The van der Waals surface area contributed by atoms with Gasteiger partial charge in [-0.25, -0.2) is 4.79 Å². The standard InChI is InChI=1S/C16H15F6O5/c1-13(2,8-26-11(23)10-6-4-3-5-7-10)9-27-12(24)14(25,15(17,18)19)16(20,21)22/h3-7H,8-9H2,1-2H3/q-1. The molecule has 0 aliphatic heterocycles. The fourth-order valence-corrected chi connectivity index (χ4v) is 1.71. The normalized spacial score (nSPS) is 13.2. The number of ether oxygens (including phenoxy) is 2. The van der Waals surface area contributed by atoms with Crippen LogP contribution in [-0.4, -0.2) is 43.1 Å². The van der Waals surface area contributed by atoms with E-state index in [1.165, 1.54) is 26.0 Å². The summed E-state index contributed by atoms with van der Waals surface area (Å²) in [5, 5.41) is 11.2. The first kappa shape index (κ1) is 22.7. The van der Waals surface area contributed by atoms with Crippen LogP contribution in [0.5, 0.6) is 0 Å². The molecule has 0 N–H and O–H groups in total. The van der Waals surface area contributed by atoms with Gasteiger partial charge >= 0.3 is 24.3 Å². The van der Waals surface area contributed by atoms with Crippen LogP contribution in [0.2, 0.25) is 0 Å². The zero-order valence-electron chi connectivity index (χ0n) is 14.1. The van der Waals surface area contributed by atoms with E-state index in [1.807, 2.05) is 0 Å². The van der Waals surface area contributed by atoms with E-state index < -0.39 is 48.5 Å². The Balaban J connectivity index is 2.74. The number of carbonyl (C=O) groups excluding carboxylic acids is 2. The van der Waals surface area contributed by atoms with E-state index in [4.69, 9.17) is 4.74 Å². The second-order valence-electron chi connectivity index (χ2n) is 6.36. The lowest BCUT2D eigenvalue weighted by molar-refractivity contribution is -0.574. The fourth-order valence-electron chi connectivity index (χ4n) is 1.71. The van der Waals surface area contributed by atoms with E-state index >= 15 is 0 Å². The highest BCUT2D eigenvalue weighted by Crippen LogP contribution is 2.41. The second kappa shape index (κ2) is 7.75. The topological polar surface area (TPSA) is 75.7 Å². The highest BCUT2D eigenvalue weighted by molar-refractivity contribution is 5.89. The Morgan fingerprint density at radius 2 is 1.33 bits per heavy atom. The summed E-state index contributed by atoms with van der Waals surface area (Å²) < 4.78 is 83.9. The highest BCUT2D eigenvalue weighted by Gasteiger charge is 2.68. The van der Waals surface area contributed by atoms with Crippen LogP contribution in [0.25, 0.3) is 0 Å². The zero-order valence-corrected chi connectivity index (χ0v) is 14.1. The van der Waals surface area contributed by atoms with Crippen LogP contribution < -0.4 is 5.11 Å². The highest BCUT2D eigenvalue weighted by atomic mass is 19.4. The van der Waals surface area contributed by atoms with Crippen molar-refractivity contribution in [1.29, 1.82) is 0 Å². The molecule has 0 aromatic heterocycles. The van der Waals surface area contributed by atoms with Crippen molar-refractivity contribution >= 4 is 11.9 Å². The molecule has 11 heteroatoms. The Labute approximate surface area is 149 Å². The predicted molar refractivity (Wildman–Crippen MR) is 76.3 cm³/mol. The first-order valence-electron chi connectivity index (χ1n) is 7.35. The molecule has 1 rings (SSSR count). The molecule has 0 aliphatic rings. The van der Waals surface area contributed by atoms with Gasteiger partial charge in [-0.1, -0.05) is 32.0 Å². The summed E-state index contributed by atoms with van der Waals surface area (Å²) in [4.78, 5) is 23.1. The minimum Gasteiger partial charge on any atom is -0.828 e. The van der Waals surface area contributed by atoms with Gasteiger partial charge in [0.05, 0.1) is 18.8 Å². The van der Waals surface area contributed by atoms with Gasteiger partial charge in [0.25, 0.3) is 0 Å². The van der Waals surface area contributed by atoms with Gasteiger partial charge < -0.3 is 14.6 Å². The van der Waals surface area contributed by atoms with Crippen LogP contribution in [0.15, 0.2) is 30.3 Å². The first-order valence-corrected chi connectivity index (χ1v) is 7.35. The lowest BCUT2D eigenvalue weighted by atomic mass is 9.96. The second-order valence-corrected chi connectivity index (χ2v) is 6.36. The van der Waals surface area contributed by atoms with Gasteiger partial charge in [-0.3, -0.25) is 4.79 Å². The number of halogens is 6. The SMILES string of the molecule is CC(C)(COC(=O)c1ccccc1)COC(=O)C([O-])(C(F)(F)F)C(F)(F)F.